The quantitative estimate of drug-likeness (QED) is 0.362. The van der Waals surface area contributed by atoms with E-state index in [0.717, 1.165) is 0 Å². The van der Waals surface area contributed by atoms with Gasteiger partial charge in [-0.2, -0.15) is 0 Å². The Morgan fingerprint density at radius 3 is 2.64 bits per heavy atom. The van der Waals surface area contributed by atoms with Crippen LogP contribution in [0.25, 0.3) is 0 Å². The number of hydrogen-bond acceptors (Lipinski definition) is 3. The largest absolute Gasteiger partial charge is 0.297 e. The zero-order valence-corrected chi connectivity index (χ0v) is 6.28. The third-order valence-electron chi connectivity index (χ3n) is 1.81. The van der Waals surface area contributed by atoms with Gasteiger partial charge in [0.1, 0.15) is 0 Å². The van der Waals surface area contributed by atoms with Gasteiger partial charge in [0.15, 0.2) is 0 Å². The molecule has 0 saturated carbocycles. The van der Waals surface area contributed by atoms with Crippen molar-refractivity contribution in [1.29, 1.82) is 0 Å². The van der Waals surface area contributed by atoms with Gasteiger partial charge >= 0.3 is 0 Å². The highest BCUT2D eigenvalue weighted by Crippen LogP contribution is 2.17. The van der Waals surface area contributed by atoms with Crippen LogP contribution in [0.3, 0.4) is 0 Å². The zero-order valence-electron chi connectivity index (χ0n) is 6.28. The van der Waals surface area contributed by atoms with Crippen LogP contribution in [0.1, 0.15) is 6.42 Å². The van der Waals surface area contributed by atoms with Gasteiger partial charge < -0.3 is 0 Å². The molecule has 1 aliphatic rings. The first-order valence-electron chi connectivity index (χ1n) is 3.39. The molecule has 1 atom stereocenters. The van der Waals surface area contributed by atoms with Gasteiger partial charge in [-0.05, 0) is 7.05 Å². The molecule has 11 heavy (non-hydrogen) atoms. The van der Waals surface area contributed by atoms with Crippen molar-refractivity contribution >= 4 is 0 Å². The SMILES string of the molecule is CNC1([N+](=O)[O-])C=CC=CC1. The molecule has 0 heterocycles. The Balaban J connectivity index is 2.85. The van der Waals surface area contributed by atoms with E-state index in [1.165, 1.54) is 0 Å². The van der Waals surface area contributed by atoms with Crippen LogP contribution in [-0.4, -0.2) is 17.6 Å². The fourth-order valence-corrected chi connectivity index (χ4v) is 1.02. The third-order valence-corrected chi connectivity index (χ3v) is 1.81. The summed E-state index contributed by atoms with van der Waals surface area (Å²) in [6.45, 7) is 0. The van der Waals surface area contributed by atoms with Crippen LogP contribution in [-0.2, 0) is 0 Å². The molecule has 0 fully saturated rings. The van der Waals surface area contributed by atoms with E-state index in [0.29, 0.717) is 6.42 Å². The Kier molecular flexibility index (Phi) is 2.05. The van der Waals surface area contributed by atoms with Crippen molar-refractivity contribution in [3.05, 3.63) is 34.4 Å². The van der Waals surface area contributed by atoms with Gasteiger partial charge in [-0.3, -0.25) is 15.4 Å². The van der Waals surface area contributed by atoms with Crippen LogP contribution in [0.15, 0.2) is 24.3 Å². The molecule has 0 amide bonds. The Bertz CT molecular complexity index is 222. The van der Waals surface area contributed by atoms with Crippen molar-refractivity contribution in [2.75, 3.05) is 7.05 Å². The molecule has 0 aliphatic heterocycles. The lowest BCUT2D eigenvalue weighted by Crippen LogP contribution is -2.48. The first-order valence-corrected chi connectivity index (χ1v) is 3.39. The summed E-state index contributed by atoms with van der Waals surface area (Å²) in [7, 11) is 1.59. The van der Waals surface area contributed by atoms with Crippen LogP contribution in [0.2, 0.25) is 0 Å². The minimum atomic E-state index is -1.07. The summed E-state index contributed by atoms with van der Waals surface area (Å²) in [6, 6.07) is 0. The highest BCUT2D eigenvalue weighted by atomic mass is 16.6. The molecule has 0 aromatic carbocycles. The number of likely N-dealkylation sites (N-methyl/N-ethyl adjacent to an activating group) is 1. The lowest BCUT2D eigenvalue weighted by Gasteiger charge is -2.20. The van der Waals surface area contributed by atoms with E-state index in [4.69, 9.17) is 0 Å². The summed E-state index contributed by atoms with van der Waals surface area (Å²) in [6.07, 6.45) is 7.24. The molecule has 0 aromatic heterocycles. The standard InChI is InChI=1S/C7H10N2O2/c1-8-7(9(10)11)5-3-2-4-6-7/h2-5,8H,6H2,1H3. The second kappa shape index (κ2) is 2.84. The molecule has 60 valence electrons. The Hall–Kier alpha value is -1.16. The van der Waals surface area contributed by atoms with Gasteiger partial charge in [-0.25, -0.2) is 0 Å². The van der Waals surface area contributed by atoms with Crippen molar-refractivity contribution in [3.8, 4) is 0 Å². The van der Waals surface area contributed by atoms with E-state index >= 15 is 0 Å². The summed E-state index contributed by atoms with van der Waals surface area (Å²) in [5.41, 5.74) is -1.07. The third kappa shape index (κ3) is 1.30. The van der Waals surface area contributed by atoms with E-state index in [9.17, 15) is 10.1 Å². The lowest BCUT2D eigenvalue weighted by molar-refractivity contribution is -0.561. The maximum absolute atomic E-state index is 10.6. The molecule has 0 spiro atoms. The Labute approximate surface area is 64.7 Å². The van der Waals surface area contributed by atoms with E-state index in [1.807, 2.05) is 0 Å². The topological polar surface area (TPSA) is 55.2 Å². The number of nitrogens with zero attached hydrogens (tertiary/aromatic N) is 1. The first kappa shape index (κ1) is 7.94. The average Bonchev–Trinajstić information content (AvgIpc) is 2.05. The Morgan fingerprint density at radius 1 is 1.64 bits per heavy atom. The molecular formula is C7H10N2O2. The first-order chi connectivity index (χ1) is 5.21. The maximum Gasteiger partial charge on any atom is 0.297 e. The number of hydrogen-bond donors (Lipinski definition) is 1. The minimum absolute atomic E-state index is 0.312. The van der Waals surface area contributed by atoms with Crippen molar-refractivity contribution in [1.82, 2.24) is 5.32 Å². The van der Waals surface area contributed by atoms with Gasteiger partial charge in [0.2, 0.25) is 0 Å². The molecule has 4 nitrogen and oxygen atoms in total. The van der Waals surface area contributed by atoms with Crippen LogP contribution in [0, 0.1) is 10.1 Å². The van der Waals surface area contributed by atoms with Crippen LogP contribution in [0.5, 0.6) is 0 Å². The summed E-state index contributed by atoms with van der Waals surface area (Å²) >= 11 is 0. The van der Waals surface area contributed by atoms with E-state index < -0.39 is 5.66 Å². The predicted octanol–water partition coefficient (Wildman–Crippen LogP) is 0.695. The molecule has 4 heteroatoms. The monoisotopic (exact) mass is 154 g/mol. The molecule has 0 bridgehead atoms. The Morgan fingerprint density at radius 2 is 2.36 bits per heavy atom. The van der Waals surface area contributed by atoms with Crippen LogP contribution >= 0.6 is 0 Å². The molecule has 0 saturated heterocycles. The lowest BCUT2D eigenvalue weighted by atomic mass is 10.0. The number of nitro groups is 1. The zero-order chi connectivity index (χ0) is 8.32. The summed E-state index contributed by atoms with van der Waals surface area (Å²) in [5.74, 6) is 0. The van der Waals surface area contributed by atoms with Gasteiger partial charge in [0, 0.05) is 11.0 Å². The second-order valence-electron chi connectivity index (χ2n) is 2.42. The number of nitrogens with one attached hydrogen (secondary N) is 1. The average molecular weight is 154 g/mol. The van der Waals surface area contributed by atoms with Crippen molar-refractivity contribution in [2.24, 2.45) is 0 Å². The van der Waals surface area contributed by atoms with Crippen LogP contribution in [0.4, 0.5) is 0 Å². The fourth-order valence-electron chi connectivity index (χ4n) is 1.02. The molecule has 1 unspecified atom stereocenters. The van der Waals surface area contributed by atoms with E-state index in [1.54, 1.807) is 31.4 Å². The molecule has 0 radical (unpaired) electrons. The fraction of sp³-hybridized carbons (Fsp3) is 0.429. The summed E-state index contributed by atoms with van der Waals surface area (Å²) in [5, 5.41) is 13.2. The predicted molar refractivity (Wildman–Crippen MR) is 41.7 cm³/mol. The van der Waals surface area contributed by atoms with E-state index in [-0.39, 0.29) is 4.92 Å². The van der Waals surface area contributed by atoms with Gasteiger partial charge in [0.05, 0.1) is 6.42 Å². The molecule has 1 aliphatic carbocycles. The van der Waals surface area contributed by atoms with Crippen molar-refractivity contribution in [2.45, 2.75) is 12.1 Å². The highest BCUT2D eigenvalue weighted by Gasteiger charge is 2.37. The van der Waals surface area contributed by atoms with Gasteiger partial charge in [-0.15, -0.1) is 0 Å². The number of rotatable bonds is 2. The maximum atomic E-state index is 10.6. The van der Waals surface area contributed by atoms with Gasteiger partial charge in [0.25, 0.3) is 5.66 Å². The second-order valence-corrected chi connectivity index (χ2v) is 2.42. The normalized spacial score (nSPS) is 28.8. The van der Waals surface area contributed by atoms with Gasteiger partial charge in [-0.1, -0.05) is 18.2 Å². The van der Waals surface area contributed by atoms with E-state index in [2.05, 4.69) is 5.32 Å². The summed E-state index contributed by atoms with van der Waals surface area (Å²) < 4.78 is 0. The van der Waals surface area contributed by atoms with Crippen LogP contribution < -0.4 is 5.32 Å². The smallest absolute Gasteiger partial charge is 0.262 e. The molecular weight excluding hydrogens is 144 g/mol. The highest BCUT2D eigenvalue weighted by molar-refractivity contribution is 5.16. The molecule has 1 N–H and O–H groups in total. The molecule has 0 aromatic rings. The minimum Gasteiger partial charge on any atom is -0.262 e. The number of allylic oxidation sites excluding steroid dienone is 2. The van der Waals surface area contributed by atoms with Crippen molar-refractivity contribution < 1.29 is 4.92 Å². The molecule has 1 rings (SSSR count). The summed E-state index contributed by atoms with van der Waals surface area (Å²) in [4.78, 5) is 10.3. The van der Waals surface area contributed by atoms with Crippen molar-refractivity contribution in [3.63, 3.8) is 0 Å².